The van der Waals surface area contributed by atoms with Gasteiger partial charge in [-0.05, 0) is 27.2 Å². The Labute approximate surface area is 116 Å². The normalized spacial score (nSPS) is 19.6. The molecular weight excluding hydrogens is 242 g/mol. The van der Waals surface area contributed by atoms with Crippen molar-refractivity contribution in [3.05, 3.63) is 12.3 Å². The van der Waals surface area contributed by atoms with Crippen molar-refractivity contribution in [1.82, 2.24) is 5.32 Å². The molecule has 1 N–H and O–H groups in total. The lowest BCUT2D eigenvalue weighted by atomic mass is 10.0. The van der Waals surface area contributed by atoms with Crippen LogP contribution in [0.3, 0.4) is 0 Å². The van der Waals surface area contributed by atoms with Gasteiger partial charge in [0.1, 0.15) is 11.4 Å². The van der Waals surface area contributed by atoms with Gasteiger partial charge in [-0.15, -0.1) is 0 Å². The summed E-state index contributed by atoms with van der Waals surface area (Å²) in [5, 5.41) is 2.90. The van der Waals surface area contributed by atoms with E-state index in [1.807, 2.05) is 20.8 Å². The Morgan fingerprint density at radius 3 is 2.53 bits per heavy atom. The molecule has 0 aromatic carbocycles. The van der Waals surface area contributed by atoms with Gasteiger partial charge in [-0.25, -0.2) is 4.79 Å². The molecule has 0 saturated carbocycles. The molecule has 0 spiro atoms. The molecule has 1 heterocycles. The third-order valence-electron chi connectivity index (χ3n) is 2.97. The van der Waals surface area contributed by atoms with Gasteiger partial charge < -0.3 is 14.8 Å². The number of carbonyl (C=O) groups excluding carboxylic acids is 1. The van der Waals surface area contributed by atoms with E-state index in [1.165, 1.54) is 19.3 Å². The molecule has 0 aromatic rings. The molecule has 0 aliphatic carbocycles. The van der Waals surface area contributed by atoms with E-state index in [-0.39, 0.29) is 18.2 Å². The van der Waals surface area contributed by atoms with Crippen LogP contribution in [0.2, 0.25) is 0 Å². The Kier molecular flexibility index (Phi) is 5.70. The zero-order valence-corrected chi connectivity index (χ0v) is 12.6. The van der Waals surface area contributed by atoms with Crippen LogP contribution in [0.15, 0.2) is 12.3 Å². The molecule has 1 amide bonds. The lowest BCUT2D eigenvalue weighted by molar-refractivity contribution is 0.0491. The van der Waals surface area contributed by atoms with Gasteiger partial charge >= 0.3 is 6.09 Å². The van der Waals surface area contributed by atoms with Crippen LogP contribution < -0.4 is 5.32 Å². The van der Waals surface area contributed by atoms with E-state index in [9.17, 15) is 4.79 Å². The highest BCUT2D eigenvalue weighted by atomic mass is 16.6. The molecule has 1 saturated heterocycles. The van der Waals surface area contributed by atoms with Gasteiger partial charge in [-0.1, -0.05) is 39.2 Å². The van der Waals surface area contributed by atoms with Gasteiger partial charge in [-0.2, -0.15) is 0 Å². The van der Waals surface area contributed by atoms with Crippen molar-refractivity contribution in [3.63, 3.8) is 0 Å². The van der Waals surface area contributed by atoms with Crippen LogP contribution in [0.1, 0.15) is 59.8 Å². The van der Waals surface area contributed by atoms with Crippen LogP contribution in [-0.2, 0) is 9.47 Å². The lowest BCUT2D eigenvalue weighted by Crippen LogP contribution is -2.41. The number of rotatable bonds is 7. The zero-order chi connectivity index (χ0) is 14.5. The quantitative estimate of drug-likeness (QED) is 0.565. The molecular formula is C15H27NO3. The van der Waals surface area contributed by atoms with Crippen molar-refractivity contribution < 1.29 is 14.3 Å². The largest absolute Gasteiger partial charge is 0.481 e. The summed E-state index contributed by atoms with van der Waals surface area (Å²) in [5.74, 6) is 0.761. The second-order valence-corrected chi connectivity index (χ2v) is 6.11. The van der Waals surface area contributed by atoms with Crippen molar-refractivity contribution in [1.29, 1.82) is 0 Å². The summed E-state index contributed by atoms with van der Waals surface area (Å²) in [5.41, 5.74) is -0.474. The molecule has 19 heavy (non-hydrogen) atoms. The Hall–Kier alpha value is -1.19. The van der Waals surface area contributed by atoms with Crippen LogP contribution in [0.5, 0.6) is 0 Å². The fourth-order valence-corrected chi connectivity index (χ4v) is 1.98. The molecule has 1 aliphatic heterocycles. The Morgan fingerprint density at radius 1 is 1.42 bits per heavy atom. The minimum absolute atomic E-state index is 0.0146. The molecule has 1 fully saturated rings. The average Bonchev–Trinajstić information content (AvgIpc) is 2.97. The lowest BCUT2D eigenvalue weighted by Gasteiger charge is -2.22. The molecule has 4 heteroatoms. The van der Waals surface area contributed by atoms with Gasteiger partial charge in [0.25, 0.3) is 0 Å². The molecule has 0 aromatic heterocycles. The summed E-state index contributed by atoms with van der Waals surface area (Å²) >= 11 is 0. The third-order valence-corrected chi connectivity index (χ3v) is 2.97. The fraction of sp³-hybridized carbons (Fsp3) is 0.800. The maximum absolute atomic E-state index is 11.8. The van der Waals surface area contributed by atoms with Gasteiger partial charge in [0.2, 0.25) is 0 Å². The van der Waals surface area contributed by atoms with Gasteiger partial charge in [0, 0.05) is 0 Å². The van der Waals surface area contributed by atoms with Crippen LogP contribution in [-0.4, -0.2) is 23.8 Å². The van der Waals surface area contributed by atoms with Crippen molar-refractivity contribution in [2.24, 2.45) is 0 Å². The minimum Gasteiger partial charge on any atom is -0.481 e. The number of unbranched alkanes of at least 4 members (excludes halogenated alkanes) is 3. The number of ether oxygens (including phenoxy) is 2. The van der Waals surface area contributed by atoms with Gasteiger partial charge in [-0.3, -0.25) is 0 Å². The first-order chi connectivity index (χ1) is 8.83. The number of hydrogen-bond donors (Lipinski definition) is 1. The molecule has 110 valence electrons. The zero-order valence-electron chi connectivity index (χ0n) is 12.6. The Morgan fingerprint density at radius 2 is 2.05 bits per heavy atom. The number of alkyl carbamates (subject to hydrolysis) is 1. The number of carbonyl (C=O) groups is 1. The highest BCUT2D eigenvalue weighted by Crippen LogP contribution is 2.30. The highest BCUT2D eigenvalue weighted by molar-refractivity contribution is 5.68. The number of nitrogens with one attached hydrogen (secondary N) is 1. The second kappa shape index (κ2) is 6.83. The summed E-state index contributed by atoms with van der Waals surface area (Å²) in [6.07, 6.45) is 5.19. The first-order valence-electron chi connectivity index (χ1n) is 7.18. The molecule has 2 atom stereocenters. The fourth-order valence-electron chi connectivity index (χ4n) is 1.98. The number of amides is 1. The first kappa shape index (κ1) is 15.9. The van der Waals surface area contributed by atoms with Crippen molar-refractivity contribution in [3.8, 4) is 0 Å². The van der Waals surface area contributed by atoms with Crippen LogP contribution in [0, 0.1) is 0 Å². The molecule has 1 aliphatic rings. The van der Waals surface area contributed by atoms with Crippen molar-refractivity contribution >= 4 is 6.09 Å². The summed E-state index contributed by atoms with van der Waals surface area (Å²) in [6, 6.07) is -0.0146. The molecule has 1 rings (SSSR count). The molecule has 4 nitrogen and oxygen atoms in total. The van der Waals surface area contributed by atoms with Gasteiger partial charge in [0.05, 0.1) is 6.04 Å². The van der Waals surface area contributed by atoms with E-state index >= 15 is 0 Å². The third kappa shape index (κ3) is 6.50. The van der Waals surface area contributed by atoms with E-state index in [1.54, 1.807) is 0 Å². The average molecular weight is 269 g/mol. The predicted octanol–water partition coefficient (Wildman–Crippen LogP) is 3.76. The van der Waals surface area contributed by atoms with E-state index in [4.69, 9.17) is 9.47 Å². The maximum atomic E-state index is 11.8. The Bertz CT molecular complexity index is 320. The van der Waals surface area contributed by atoms with E-state index in [2.05, 4.69) is 18.8 Å². The summed E-state index contributed by atoms with van der Waals surface area (Å²) in [4.78, 5) is 11.8. The smallest absolute Gasteiger partial charge is 0.408 e. The van der Waals surface area contributed by atoms with Gasteiger partial charge in [0.15, 0.2) is 6.10 Å². The number of epoxide rings is 1. The first-order valence-corrected chi connectivity index (χ1v) is 7.18. The molecule has 0 radical (unpaired) electrons. The summed E-state index contributed by atoms with van der Waals surface area (Å²) < 4.78 is 10.6. The van der Waals surface area contributed by atoms with Crippen molar-refractivity contribution in [2.75, 3.05) is 0 Å². The highest BCUT2D eigenvalue weighted by Gasteiger charge is 2.39. The standard InChI is InChI=1S/C15H27NO3/c1-6-7-8-9-10-12(13-11(2)18-13)16-14(17)19-15(3,4)5/h12-13H,2,6-10H2,1,3-5H3,(H,16,17). The summed E-state index contributed by atoms with van der Waals surface area (Å²) in [6.45, 7) is 11.5. The second-order valence-electron chi connectivity index (χ2n) is 6.11. The van der Waals surface area contributed by atoms with E-state index < -0.39 is 5.60 Å². The molecule has 0 bridgehead atoms. The minimum atomic E-state index is -0.474. The SMILES string of the molecule is C=C1OC1C(CCCCCC)NC(=O)OC(C)(C)C. The van der Waals surface area contributed by atoms with Crippen LogP contribution >= 0.6 is 0 Å². The molecule has 2 unspecified atom stereocenters. The van der Waals surface area contributed by atoms with E-state index in [0.29, 0.717) is 0 Å². The maximum Gasteiger partial charge on any atom is 0.408 e. The topological polar surface area (TPSA) is 50.9 Å². The van der Waals surface area contributed by atoms with Crippen LogP contribution in [0.25, 0.3) is 0 Å². The van der Waals surface area contributed by atoms with Crippen molar-refractivity contribution in [2.45, 2.75) is 77.5 Å². The predicted molar refractivity (Wildman–Crippen MR) is 75.9 cm³/mol. The number of hydrogen-bond acceptors (Lipinski definition) is 3. The Balaban J connectivity index is 2.37. The summed E-state index contributed by atoms with van der Waals surface area (Å²) in [7, 11) is 0. The van der Waals surface area contributed by atoms with Crippen LogP contribution in [0.4, 0.5) is 4.79 Å². The monoisotopic (exact) mass is 269 g/mol. The van der Waals surface area contributed by atoms with E-state index in [0.717, 1.165) is 18.6 Å².